The van der Waals surface area contributed by atoms with Gasteiger partial charge in [0.1, 0.15) is 17.2 Å². The van der Waals surface area contributed by atoms with Gasteiger partial charge in [-0.15, -0.1) is 0 Å². The molecule has 7 nitrogen and oxygen atoms in total. The summed E-state index contributed by atoms with van der Waals surface area (Å²) in [6, 6.07) is 17.2. The van der Waals surface area contributed by atoms with Gasteiger partial charge >= 0.3 is 0 Å². The van der Waals surface area contributed by atoms with E-state index in [-0.39, 0.29) is 23.1 Å². The molecule has 1 amide bonds. The molecule has 4 aromatic rings. The van der Waals surface area contributed by atoms with Gasteiger partial charge in [0.15, 0.2) is 0 Å². The van der Waals surface area contributed by atoms with Crippen LogP contribution in [0.3, 0.4) is 0 Å². The van der Waals surface area contributed by atoms with Gasteiger partial charge in [0.25, 0.3) is 5.91 Å². The molecule has 3 aromatic carbocycles. The molecule has 268 valence electrons. The first-order chi connectivity index (χ1) is 23.9. The Morgan fingerprint density at radius 1 is 0.960 bits per heavy atom. The molecular formula is C43H58N4O3. The number of fused-ring (bicyclic) bond motifs is 1. The Bertz CT molecular complexity index is 1760. The third-order valence-electron chi connectivity index (χ3n) is 9.43. The smallest absolute Gasteiger partial charge is 0.255 e. The van der Waals surface area contributed by atoms with Gasteiger partial charge in [-0.05, 0) is 105 Å². The highest BCUT2D eigenvalue weighted by molar-refractivity contribution is 6.05. The maximum absolute atomic E-state index is 13.3. The number of nitrogens with zero attached hydrogens (tertiary/aromatic N) is 3. The maximum atomic E-state index is 13.3. The molecule has 0 saturated carbocycles. The van der Waals surface area contributed by atoms with Gasteiger partial charge in [-0.3, -0.25) is 4.79 Å². The largest absolute Gasteiger partial charge is 0.506 e. The summed E-state index contributed by atoms with van der Waals surface area (Å²) in [7, 11) is 0. The van der Waals surface area contributed by atoms with Crippen LogP contribution in [0.25, 0.3) is 10.9 Å². The lowest BCUT2D eigenvalue weighted by Crippen LogP contribution is -2.32. The van der Waals surface area contributed by atoms with Crippen molar-refractivity contribution < 1.29 is 15.0 Å². The van der Waals surface area contributed by atoms with E-state index in [9.17, 15) is 15.0 Å². The summed E-state index contributed by atoms with van der Waals surface area (Å²) in [4.78, 5) is 17.5. The van der Waals surface area contributed by atoms with Crippen LogP contribution in [0.15, 0.2) is 79.7 Å². The van der Waals surface area contributed by atoms with E-state index in [4.69, 9.17) is 0 Å². The number of anilines is 2. The van der Waals surface area contributed by atoms with Gasteiger partial charge < -0.3 is 29.9 Å². The predicted molar refractivity (Wildman–Crippen MR) is 210 cm³/mol. The van der Waals surface area contributed by atoms with Crippen LogP contribution in [0, 0.1) is 25.7 Å². The van der Waals surface area contributed by atoms with E-state index in [1.807, 2.05) is 24.3 Å². The molecule has 0 aliphatic carbocycles. The van der Waals surface area contributed by atoms with E-state index in [1.54, 1.807) is 17.2 Å². The molecule has 3 N–H and O–H groups in total. The van der Waals surface area contributed by atoms with Gasteiger partial charge in [0.05, 0.1) is 0 Å². The Hall–Kier alpha value is -4.49. The number of rotatable bonds is 18. The molecule has 1 heterocycles. The van der Waals surface area contributed by atoms with Crippen LogP contribution in [0.4, 0.5) is 11.4 Å². The fraction of sp³-hybridized carbons (Fsp3) is 0.419. The fourth-order valence-corrected chi connectivity index (χ4v) is 6.69. The normalized spacial score (nSPS) is 12.3. The van der Waals surface area contributed by atoms with Crippen molar-refractivity contribution in [3.63, 3.8) is 0 Å². The lowest BCUT2D eigenvalue weighted by molar-refractivity contribution is 0.102. The summed E-state index contributed by atoms with van der Waals surface area (Å²) >= 11 is 0. The fourth-order valence-electron chi connectivity index (χ4n) is 6.69. The number of phenols is 2. The minimum absolute atomic E-state index is 0.167. The zero-order chi connectivity index (χ0) is 36.4. The first-order valence-electron chi connectivity index (χ1n) is 18.3. The monoisotopic (exact) mass is 678 g/mol. The van der Waals surface area contributed by atoms with Crippen molar-refractivity contribution >= 4 is 28.2 Å². The molecule has 7 heteroatoms. The number of nitrogens with one attached hydrogen (secondary N) is 1. The first kappa shape index (κ1) is 38.3. The second kappa shape index (κ2) is 18.0. The lowest BCUT2D eigenvalue weighted by Gasteiger charge is -2.27. The van der Waals surface area contributed by atoms with Crippen LogP contribution in [0.1, 0.15) is 93.0 Å². The van der Waals surface area contributed by atoms with Gasteiger partial charge in [-0.1, -0.05) is 71.9 Å². The van der Waals surface area contributed by atoms with Crippen LogP contribution in [0.5, 0.6) is 11.5 Å². The Kier molecular flexibility index (Phi) is 13.8. The number of hydrogen-bond acceptors (Lipinski definition) is 5. The molecule has 0 spiro atoms. The van der Waals surface area contributed by atoms with Crippen molar-refractivity contribution in [2.45, 2.75) is 87.1 Å². The Labute approximate surface area is 299 Å². The summed E-state index contributed by atoms with van der Waals surface area (Å²) in [6.07, 6.45) is 10.2. The Morgan fingerprint density at radius 3 is 2.34 bits per heavy atom. The number of carbonyl (C=O) groups is 1. The predicted octanol–water partition coefficient (Wildman–Crippen LogP) is 10.2. The number of hydrogen-bond donors (Lipinski definition) is 3. The molecule has 1 aromatic heterocycles. The second-order valence-electron chi connectivity index (χ2n) is 14.2. The molecule has 0 aliphatic rings. The molecule has 0 fully saturated rings. The average molecular weight is 679 g/mol. The van der Waals surface area contributed by atoms with E-state index in [0.29, 0.717) is 23.6 Å². The van der Waals surface area contributed by atoms with Crippen molar-refractivity contribution in [2.24, 2.45) is 11.8 Å². The van der Waals surface area contributed by atoms with Gasteiger partial charge in [-0.2, -0.15) is 0 Å². The molecule has 0 radical (unpaired) electrons. The molecule has 0 saturated heterocycles. The third kappa shape index (κ3) is 9.81. The highest BCUT2D eigenvalue weighted by Crippen LogP contribution is 2.40. The highest BCUT2D eigenvalue weighted by Gasteiger charge is 2.18. The Balaban J connectivity index is 1.47. The summed E-state index contributed by atoms with van der Waals surface area (Å²) in [5, 5.41) is 25.6. The standard InChI is InChI=1S/C43H58N4O3/c1-9-12-13-21-46(11-3)42-40(48)26-37(27-41(42)49)44-43(50)36-16-14-15-34(24-36)23-35-17-18-39-38(25-35)32(7)33(8)47(39)29-31(6)28-45(20-10-2)22-19-30(4)5/h11,13-18,21,24-27,30-31,48-49H,3,9-10,12,19-20,22-23,28-29H2,1-2,4-8H3,(H,44,50)/b21-13-. The molecule has 4 rings (SSSR count). The van der Waals surface area contributed by atoms with Crippen molar-refractivity contribution in [3.8, 4) is 11.5 Å². The number of aromatic hydroxyl groups is 2. The summed E-state index contributed by atoms with van der Waals surface area (Å²) in [5.74, 6) is 0.602. The molecular weight excluding hydrogens is 620 g/mol. The Morgan fingerprint density at radius 2 is 1.68 bits per heavy atom. The van der Waals surface area contributed by atoms with E-state index >= 15 is 0 Å². The topological polar surface area (TPSA) is 81.0 Å². The first-order valence-corrected chi connectivity index (χ1v) is 18.3. The molecule has 0 bridgehead atoms. The van der Waals surface area contributed by atoms with Crippen molar-refractivity contribution in [3.05, 3.63) is 108 Å². The third-order valence-corrected chi connectivity index (χ3v) is 9.43. The molecule has 50 heavy (non-hydrogen) atoms. The van der Waals surface area contributed by atoms with E-state index in [1.165, 1.54) is 65.4 Å². The van der Waals surface area contributed by atoms with E-state index < -0.39 is 0 Å². The molecule has 1 atom stereocenters. The van der Waals surface area contributed by atoms with Gasteiger partial charge in [0.2, 0.25) is 0 Å². The number of phenolic OH excluding ortho intramolecular Hbond substituents is 2. The number of allylic oxidation sites excluding steroid dienone is 1. The number of benzene rings is 3. The van der Waals surface area contributed by atoms with Crippen LogP contribution in [-0.2, 0) is 13.0 Å². The van der Waals surface area contributed by atoms with E-state index in [2.05, 4.69) is 88.0 Å². The number of unbranched alkanes of at least 4 members (excludes halogenated alkanes) is 1. The number of aromatic nitrogens is 1. The maximum Gasteiger partial charge on any atom is 0.255 e. The van der Waals surface area contributed by atoms with Crippen molar-refractivity contribution in [1.82, 2.24) is 9.47 Å². The average Bonchev–Trinajstić information content (AvgIpc) is 3.30. The number of amides is 1. The van der Waals surface area contributed by atoms with Gasteiger partial charge in [-0.25, -0.2) is 0 Å². The van der Waals surface area contributed by atoms with E-state index in [0.717, 1.165) is 44.0 Å². The minimum atomic E-state index is -0.323. The summed E-state index contributed by atoms with van der Waals surface area (Å²) < 4.78 is 2.50. The number of aryl methyl sites for hydroxylation is 1. The summed E-state index contributed by atoms with van der Waals surface area (Å²) in [6.45, 7) is 24.0. The van der Waals surface area contributed by atoms with Crippen LogP contribution in [-0.4, -0.2) is 45.2 Å². The highest BCUT2D eigenvalue weighted by atomic mass is 16.3. The molecule has 0 aliphatic heterocycles. The van der Waals surface area contributed by atoms with Crippen LogP contribution in [0.2, 0.25) is 0 Å². The number of carbonyl (C=O) groups excluding carboxylic acids is 1. The van der Waals surface area contributed by atoms with Crippen LogP contribution >= 0.6 is 0 Å². The SMILES string of the molecule is C=CN(/C=C\CCC)c1c(O)cc(NC(=O)c2cccc(Cc3ccc4c(c3)c(C)c(C)n4CC(C)CN(CCC)CCC(C)C)c2)cc1O. The zero-order valence-electron chi connectivity index (χ0n) is 31.3. The summed E-state index contributed by atoms with van der Waals surface area (Å²) in [5.41, 5.74) is 7.13. The van der Waals surface area contributed by atoms with Gasteiger partial charge in [0, 0.05) is 65.5 Å². The quantitative estimate of drug-likeness (QED) is 0.0976. The van der Waals surface area contributed by atoms with Crippen molar-refractivity contribution in [2.75, 3.05) is 29.9 Å². The lowest BCUT2D eigenvalue weighted by atomic mass is 10.0. The van der Waals surface area contributed by atoms with Crippen molar-refractivity contribution in [1.29, 1.82) is 0 Å². The molecule has 1 unspecified atom stereocenters. The zero-order valence-corrected chi connectivity index (χ0v) is 31.3. The second-order valence-corrected chi connectivity index (χ2v) is 14.2. The van der Waals surface area contributed by atoms with Crippen LogP contribution < -0.4 is 10.2 Å². The minimum Gasteiger partial charge on any atom is -0.506 e.